The first-order valence-corrected chi connectivity index (χ1v) is 7.95. The lowest BCUT2D eigenvalue weighted by molar-refractivity contribution is 0.0947. The zero-order valence-corrected chi connectivity index (χ0v) is 14.0. The molecule has 1 aromatic carbocycles. The lowest BCUT2D eigenvalue weighted by Crippen LogP contribution is -2.26. The van der Waals surface area contributed by atoms with E-state index in [4.69, 9.17) is 0 Å². The van der Waals surface area contributed by atoms with Crippen LogP contribution in [-0.2, 0) is 6.54 Å². The summed E-state index contributed by atoms with van der Waals surface area (Å²) in [4.78, 5) is 20.3. The Morgan fingerprint density at radius 3 is 2.74 bits per heavy atom. The van der Waals surface area contributed by atoms with E-state index >= 15 is 0 Å². The van der Waals surface area contributed by atoms with E-state index in [2.05, 4.69) is 53.5 Å². The third-order valence-corrected chi connectivity index (χ3v) is 3.63. The van der Waals surface area contributed by atoms with E-state index in [-0.39, 0.29) is 5.91 Å². The molecule has 0 aliphatic carbocycles. The van der Waals surface area contributed by atoms with Crippen LogP contribution in [0.1, 0.15) is 41.9 Å². The smallest absolute Gasteiger partial charge is 0.270 e. The summed E-state index contributed by atoms with van der Waals surface area (Å²) >= 11 is 0. The van der Waals surface area contributed by atoms with Crippen molar-refractivity contribution < 1.29 is 4.79 Å². The summed E-state index contributed by atoms with van der Waals surface area (Å²) in [5.74, 6) is 1.05. The highest BCUT2D eigenvalue weighted by molar-refractivity contribution is 5.92. The van der Waals surface area contributed by atoms with Gasteiger partial charge >= 0.3 is 0 Å². The Labute approximate surface area is 137 Å². The van der Waals surface area contributed by atoms with Gasteiger partial charge in [-0.1, -0.05) is 38.1 Å². The van der Waals surface area contributed by atoms with Gasteiger partial charge in [-0.3, -0.25) is 4.79 Å². The molecule has 5 heteroatoms. The molecule has 0 aliphatic heterocycles. The molecular weight excluding hydrogens is 288 g/mol. The van der Waals surface area contributed by atoms with Crippen molar-refractivity contribution in [1.29, 1.82) is 0 Å². The summed E-state index contributed by atoms with van der Waals surface area (Å²) in [6.45, 7) is 7.66. The minimum atomic E-state index is -0.160. The second kappa shape index (κ2) is 8.27. The molecule has 2 aromatic rings. The quantitative estimate of drug-likeness (QED) is 0.824. The van der Waals surface area contributed by atoms with Gasteiger partial charge in [0, 0.05) is 19.2 Å². The third-order valence-electron chi connectivity index (χ3n) is 3.63. The molecule has 122 valence electrons. The number of anilines is 1. The van der Waals surface area contributed by atoms with Crippen LogP contribution in [0.3, 0.4) is 0 Å². The van der Waals surface area contributed by atoms with Gasteiger partial charge in [-0.15, -0.1) is 0 Å². The predicted octanol–water partition coefficient (Wildman–Crippen LogP) is 3.17. The SMILES string of the molecule is Cc1ccccc1CNc1cc(C(=O)NCCC(C)C)ncn1. The van der Waals surface area contributed by atoms with Gasteiger partial charge in [0.05, 0.1) is 0 Å². The van der Waals surface area contributed by atoms with E-state index in [1.54, 1.807) is 6.07 Å². The third kappa shape index (κ3) is 5.36. The van der Waals surface area contributed by atoms with Gasteiger partial charge in [0.15, 0.2) is 0 Å². The van der Waals surface area contributed by atoms with Gasteiger partial charge in [0.2, 0.25) is 0 Å². The summed E-state index contributed by atoms with van der Waals surface area (Å²) in [5.41, 5.74) is 2.81. The van der Waals surface area contributed by atoms with Gasteiger partial charge in [-0.05, 0) is 30.4 Å². The van der Waals surface area contributed by atoms with Crippen LogP contribution in [-0.4, -0.2) is 22.4 Å². The topological polar surface area (TPSA) is 66.9 Å². The van der Waals surface area contributed by atoms with Crippen LogP contribution in [0, 0.1) is 12.8 Å². The standard InChI is InChI=1S/C18H24N4O/c1-13(2)8-9-19-18(23)16-10-17(22-12-21-16)20-11-15-7-5-4-6-14(15)3/h4-7,10,12-13H,8-9,11H2,1-3H3,(H,19,23)(H,20,21,22). The van der Waals surface area contributed by atoms with Crippen molar-refractivity contribution in [2.75, 3.05) is 11.9 Å². The molecule has 0 bridgehead atoms. The van der Waals surface area contributed by atoms with Gasteiger partial charge in [0.1, 0.15) is 17.8 Å². The summed E-state index contributed by atoms with van der Waals surface area (Å²) in [6, 6.07) is 9.86. The van der Waals surface area contributed by atoms with E-state index < -0.39 is 0 Å². The fourth-order valence-corrected chi connectivity index (χ4v) is 2.14. The zero-order chi connectivity index (χ0) is 16.7. The van der Waals surface area contributed by atoms with Crippen molar-refractivity contribution in [3.05, 3.63) is 53.5 Å². The van der Waals surface area contributed by atoms with E-state index in [1.165, 1.54) is 17.5 Å². The maximum Gasteiger partial charge on any atom is 0.270 e. The fourth-order valence-electron chi connectivity index (χ4n) is 2.14. The summed E-state index contributed by atoms with van der Waals surface area (Å²) < 4.78 is 0. The Morgan fingerprint density at radius 1 is 1.22 bits per heavy atom. The van der Waals surface area contributed by atoms with Crippen LogP contribution in [0.4, 0.5) is 5.82 Å². The maximum atomic E-state index is 12.1. The van der Waals surface area contributed by atoms with E-state index in [1.807, 2.05) is 12.1 Å². The Morgan fingerprint density at radius 2 is 2.00 bits per heavy atom. The molecule has 0 atom stereocenters. The predicted molar refractivity (Wildman–Crippen MR) is 92.3 cm³/mol. The van der Waals surface area contributed by atoms with Gasteiger partial charge < -0.3 is 10.6 Å². The maximum absolute atomic E-state index is 12.1. The Hall–Kier alpha value is -2.43. The second-order valence-corrected chi connectivity index (χ2v) is 6.01. The van der Waals surface area contributed by atoms with Crippen molar-refractivity contribution in [2.45, 2.75) is 33.7 Å². The number of aromatic nitrogens is 2. The number of aryl methyl sites for hydroxylation is 1. The van der Waals surface area contributed by atoms with Crippen LogP contribution in [0.5, 0.6) is 0 Å². The molecule has 2 rings (SSSR count). The van der Waals surface area contributed by atoms with Crippen molar-refractivity contribution in [1.82, 2.24) is 15.3 Å². The van der Waals surface area contributed by atoms with Crippen molar-refractivity contribution >= 4 is 11.7 Å². The number of rotatable bonds is 7. The Bertz CT molecular complexity index is 655. The average Bonchev–Trinajstić information content (AvgIpc) is 2.54. The Balaban J connectivity index is 1.94. The van der Waals surface area contributed by atoms with Crippen molar-refractivity contribution in [3.63, 3.8) is 0 Å². The van der Waals surface area contributed by atoms with Crippen LogP contribution >= 0.6 is 0 Å². The minimum Gasteiger partial charge on any atom is -0.366 e. The molecule has 1 aromatic heterocycles. The number of nitrogens with zero attached hydrogens (tertiary/aromatic N) is 2. The monoisotopic (exact) mass is 312 g/mol. The first-order chi connectivity index (χ1) is 11.1. The molecule has 0 saturated heterocycles. The zero-order valence-electron chi connectivity index (χ0n) is 14.0. The number of benzene rings is 1. The molecule has 0 fully saturated rings. The second-order valence-electron chi connectivity index (χ2n) is 6.01. The number of hydrogen-bond acceptors (Lipinski definition) is 4. The number of carbonyl (C=O) groups excluding carboxylic acids is 1. The number of hydrogen-bond donors (Lipinski definition) is 2. The first-order valence-electron chi connectivity index (χ1n) is 7.95. The molecular formula is C18H24N4O. The summed E-state index contributed by atoms with van der Waals surface area (Å²) in [5, 5.41) is 6.12. The molecule has 1 heterocycles. The van der Waals surface area contributed by atoms with Crippen molar-refractivity contribution in [3.8, 4) is 0 Å². The lowest BCUT2D eigenvalue weighted by atomic mass is 10.1. The Kier molecular flexibility index (Phi) is 6.09. The highest BCUT2D eigenvalue weighted by Crippen LogP contribution is 2.10. The van der Waals surface area contributed by atoms with E-state index in [0.717, 1.165) is 6.42 Å². The molecule has 0 aliphatic rings. The molecule has 1 amide bonds. The number of amides is 1. The van der Waals surface area contributed by atoms with Crippen molar-refractivity contribution in [2.24, 2.45) is 5.92 Å². The molecule has 0 radical (unpaired) electrons. The van der Waals surface area contributed by atoms with Crippen LogP contribution in [0.15, 0.2) is 36.7 Å². The van der Waals surface area contributed by atoms with Crippen LogP contribution in [0.2, 0.25) is 0 Å². The van der Waals surface area contributed by atoms with E-state index in [9.17, 15) is 4.79 Å². The molecule has 5 nitrogen and oxygen atoms in total. The van der Waals surface area contributed by atoms with Gasteiger partial charge in [-0.2, -0.15) is 0 Å². The average molecular weight is 312 g/mol. The lowest BCUT2D eigenvalue weighted by Gasteiger charge is -2.10. The first kappa shape index (κ1) is 16.9. The summed E-state index contributed by atoms with van der Waals surface area (Å²) in [6.07, 6.45) is 2.37. The molecule has 0 unspecified atom stereocenters. The van der Waals surface area contributed by atoms with Crippen LogP contribution < -0.4 is 10.6 Å². The number of nitrogens with one attached hydrogen (secondary N) is 2. The van der Waals surface area contributed by atoms with Gasteiger partial charge in [0.25, 0.3) is 5.91 Å². The normalized spacial score (nSPS) is 10.6. The largest absolute Gasteiger partial charge is 0.366 e. The molecule has 0 saturated carbocycles. The highest BCUT2D eigenvalue weighted by atomic mass is 16.1. The van der Waals surface area contributed by atoms with Gasteiger partial charge in [-0.25, -0.2) is 9.97 Å². The molecule has 0 spiro atoms. The van der Waals surface area contributed by atoms with Crippen LogP contribution in [0.25, 0.3) is 0 Å². The fraction of sp³-hybridized carbons (Fsp3) is 0.389. The minimum absolute atomic E-state index is 0.160. The summed E-state index contributed by atoms with van der Waals surface area (Å²) in [7, 11) is 0. The number of carbonyl (C=O) groups is 1. The van der Waals surface area contributed by atoms with E-state index in [0.29, 0.717) is 30.5 Å². The molecule has 2 N–H and O–H groups in total. The highest BCUT2D eigenvalue weighted by Gasteiger charge is 2.08. The molecule has 23 heavy (non-hydrogen) atoms.